The molecule has 1 atom stereocenters. The number of rotatable bonds is 4. The fourth-order valence-corrected chi connectivity index (χ4v) is 3.67. The maximum Gasteiger partial charge on any atom is 0.108 e. The summed E-state index contributed by atoms with van der Waals surface area (Å²) in [6.07, 6.45) is 1.11. The highest BCUT2D eigenvalue weighted by Gasteiger charge is 2.22. The number of nitrogens with zero attached hydrogens (tertiary/aromatic N) is 1. The zero-order valence-corrected chi connectivity index (χ0v) is 15.1. The van der Waals surface area contributed by atoms with Crippen LogP contribution in [0.2, 0.25) is 0 Å². The zero-order valence-electron chi connectivity index (χ0n) is 15.1. The molecule has 0 bridgehead atoms. The molecule has 1 heterocycles. The number of ether oxygens (including phenoxy) is 1. The molecule has 0 N–H and O–H groups in total. The molecule has 3 aromatic carbocycles. The van der Waals surface area contributed by atoms with Crippen molar-refractivity contribution in [3.8, 4) is 0 Å². The standard InChI is InChI=1S/C24H25NO/c1-3-9-20(10-4-1)15-16-25-17-18-26-24(21-11-5-2-6-12-21)23-14-8-7-13-22(23)19-25/h1-14,24H,15-19H2. The van der Waals surface area contributed by atoms with Crippen molar-refractivity contribution < 1.29 is 4.74 Å². The van der Waals surface area contributed by atoms with Crippen LogP contribution in [-0.4, -0.2) is 24.6 Å². The van der Waals surface area contributed by atoms with Gasteiger partial charge in [0.1, 0.15) is 6.10 Å². The molecule has 2 nitrogen and oxygen atoms in total. The van der Waals surface area contributed by atoms with Crippen LogP contribution in [0.15, 0.2) is 84.9 Å². The summed E-state index contributed by atoms with van der Waals surface area (Å²) in [5, 5.41) is 0. The normalized spacial score (nSPS) is 17.9. The van der Waals surface area contributed by atoms with Crippen molar-refractivity contribution in [3.63, 3.8) is 0 Å². The summed E-state index contributed by atoms with van der Waals surface area (Å²) in [6.45, 7) is 3.75. The smallest absolute Gasteiger partial charge is 0.108 e. The summed E-state index contributed by atoms with van der Waals surface area (Å²) in [4.78, 5) is 2.51. The maximum absolute atomic E-state index is 6.34. The van der Waals surface area contributed by atoms with Gasteiger partial charge in [0.25, 0.3) is 0 Å². The highest BCUT2D eigenvalue weighted by atomic mass is 16.5. The summed E-state index contributed by atoms with van der Waals surface area (Å²) < 4.78 is 6.34. The monoisotopic (exact) mass is 343 g/mol. The van der Waals surface area contributed by atoms with E-state index in [-0.39, 0.29) is 6.10 Å². The molecule has 4 rings (SSSR count). The Kier molecular flexibility index (Phi) is 5.44. The first-order valence-electron chi connectivity index (χ1n) is 9.41. The van der Waals surface area contributed by atoms with Crippen molar-refractivity contribution >= 4 is 0 Å². The minimum Gasteiger partial charge on any atom is -0.367 e. The molecule has 0 saturated heterocycles. The van der Waals surface area contributed by atoms with Crippen molar-refractivity contribution in [1.29, 1.82) is 0 Å². The van der Waals surface area contributed by atoms with Crippen molar-refractivity contribution in [3.05, 3.63) is 107 Å². The molecular weight excluding hydrogens is 318 g/mol. The Morgan fingerprint density at radius 3 is 2.31 bits per heavy atom. The first-order chi connectivity index (χ1) is 12.9. The maximum atomic E-state index is 6.34. The van der Waals surface area contributed by atoms with Crippen LogP contribution in [-0.2, 0) is 17.7 Å². The van der Waals surface area contributed by atoms with E-state index in [4.69, 9.17) is 4.74 Å². The Morgan fingerprint density at radius 2 is 1.50 bits per heavy atom. The van der Waals surface area contributed by atoms with Gasteiger partial charge in [-0.25, -0.2) is 0 Å². The molecule has 1 aliphatic heterocycles. The van der Waals surface area contributed by atoms with Crippen molar-refractivity contribution in [1.82, 2.24) is 4.90 Å². The average molecular weight is 343 g/mol. The quantitative estimate of drug-likeness (QED) is 0.671. The summed E-state index contributed by atoms with van der Waals surface area (Å²) >= 11 is 0. The van der Waals surface area contributed by atoms with Gasteiger partial charge >= 0.3 is 0 Å². The molecule has 0 radical (unpaired) electrons. The SMILES string of the molecule is c1ccc(CCN2CCOC(c3ccccc3)c3ccccc3C2)cc1. The molecule has 26 heavy (non-hydrogen) atoms. The lowest BCUT2D eigenvalue weighted by atomic mass is 9.95. The van der Waals surface area contributed by atoms with E-state index in [1.807, 2.05) is 0 Å². The van der Waals surface area contributed by atoms with Crippen LogP contribution in [0, 0.1) is 0 Å². The predicted molar refractivity (Wildman–Crippen MR) is 106 cm³/mol. The Balaban J connectivity index is 1.53. The largest absolute Gasteiger partial charge is 0.367 e. The first-order valence-corrected chi connectivity index (χ1v) is 9.41. The average Bonchev–Trinajstić information content (AvgIpc) is 2.69. The summed E-state index contributed by atoms with van der Waals surface area (Å²) in [7, 11) is 0. The Hall–Kier alpha value is -2.42. The Morgan fingerprint density at radius 1 is 0.808 bits per heavy atom. The van der Waals surface area contributed by atoms with Crippen LogP contribution in [0.3, 0.4) is 0 Å². The van der Waals surface area contributed by atoms with Gasteiger partial charge in [0.15, 0.2) is 0 Å². The lowest BCUT2D eigenvalue weighted by Crippen LogP contribution is -2.32. The van der Waals surface area contributed by atoms with E-state index >= 15 is 0 Å². The molecule has 132 valence electrons. The van der Waals surface area contributed by atoms with E-state index in [0.29, 0.717) is 0 Å². The van der Waals surface area contributed by atoms with Crippen LogP contribution in [0.25, 0.3) is 0 Å². The van der Waals surface area contributed by atoms with Gasteiger partial charge in [-0.15, -0.1) is 0 Å². The molecule has 1 aliphatic rings. The number of fused-ring (bicyclic) bond motifs is 1. The van der Waals surface area contributed by atoms with Crippen LogP contribution >= 0.6 is 0 Å². The van der Waals surface area contributed by atoms with E-state index < -0.39 is 0 Å². The van der Waals surface area contributed by atoms with Gasteiger partial charge < -0.3 is 4.74 Å². The third kappa shape index (κ3) is 4.04. The lowest BCUT2D eigenvalue weighted by Gasteiger charge is -2.30. The number of hydrogen-bond donors (Lipinski definition) is 0. The molecule has 0 aromatic heterocycles. The Labute approximate surface area is 156 Å². The minimum atomic E-state index is 0.0312. The second-order valence-corrected chi connectivity index (χ2v) is 6.87. The predicted octanol–water partition coefficient (Wildman–Crippen LogP) is 4.85. The van der Waals surface area contributed by atoms with E-state index in [1.54, 1.807) is 0 Å². The molecule has 0 saturated carbocycles. The van der Waals surface area contributed by atoms with Crippen LogP contribution < -0.4 is 0 Å². The lowest BCUT2D eigenvalue weighted by molar-refractivity contribution is 0.0495. The van der Waals surface area contributed by atoms with Gasteiger partial charge in [-0.1, -0.05) is 84.9 Å². The molecule has 3 aromatic rings. The minimum absolute atomic E-state index is 0.0312. The van der Waals surface area contributed by atoms with Gasteiger partial charge in [-0.3, -0.25) is 4.90 Å². The molecule has 1 unspecified atom stereocenters. The Bertz CT molecular complexity index is 816. The van der Waals surface area contributed by atoms with Gasteiger partial charge in [0, 0.05) is 19.6 Å². The topological polar surface area (TPSA) is 12.5 Å². The highest BCUT2D eigenvalue weighted by Crippen LogP contribution is 2.30. The van der Waals surface area contributed by atoms with E-state index in [9.17, 15) is 0 Å². The third-order valence-corrected chi connectivity index (χ3v) is 5.09. The molecular formula is C24H25NO. The first kappa shape index (κ1) is 17.0. The van der Waals surface area contributed by atoms with Gasteiger partial charge in [0.2, 0.25) is 0 Å². The molecule has 2 heteroatoms. The third-order valence-electron chi connectivity index (χ3n) is 5.09. The number of hydrogen-bond acceptors (Lipinski definition) is 2. The summed E-state index contributed by atoms with van der Waals surface area (Å²) in [5.74, 6) is 0. The second kappa shape index (κ2) is 8.31. The molecule has 0 spiro atoms. The molecule has 0 aliphatic carbocycles. The van der Waals surface area contributed by atoms with Crippen molar-refractivity contribution in [2.45, 2.75) is 19.1 Å². The van der Waals surface area contributed by atoms with E-state index in [2.05, 4.69) is 89.8 Å². The molecule has 0 amide bonds. The van der Waals surface area contributed by atoms with Crippen LogP contribution in [0.1, 0.15) is 28.4 Å². The van der Waals surface area contributed by atoms with Crippen molar-refractivity contribution in [2.24, 2.45) is 0 Å². The fourth-order valence-electron chi connectivity index (χ4n) is 3.67. The second-order valence-electron chi connectivity index (χ2n) is 6.87. The van der Waals surface area contributed by atoms with Crippen LogP contribution in [0.4, 0.5) is 0 Å². The van der Waals surface area contributed by atoms with Crippen LogP contribution in [0.5, 0.6) is 0 Å². The van der Waals surface area contributed by atoms with Gasteiger partial charge in [0.05, 0.1) is 6.61 Å². The highest BCUT2D eigenvalue weighted by molar-refractivity contribution is 5.36. The zero-order chi connectivity index (χ0) is 17.6. The van der Waals surface area contributed by atoms with Crippen molar-refractivity contribution in [2.75, 3.05) is 19.7 Å². The van der Waals surface area contributed by atoms with E-state index in [0.717, 1.165) is 32.7 Å². The van der Waals surface area contributed by atoms with E-state index in [1.165, 1.54) is 22.3 Å². The van der Waals surface area contributed by atoms with Gasteiger partial charge in [-0.2, -0.15) is 0 Å². The number of benzene rings is 3. The van der Waals surface area contributed by atoms with Gasteiger partial charge in [-0.05, 0) is 28.7 Å². The fraction of sp³-hybridized carbons (Fsp3) is 0.250. The summed E-state index contributed by atoms with van der Waals surface area (Å²) in [5.41, 5.74) is 5.29. The summed E-state index contributed by atoms with van der Waals surface area (Å²) in [6, 6.07) is 30.0. The molecule has 0 fully saturated rings.